The number of benzene rings is 2. The summed E-state index contributed by atoms with van der Waals surface area (Å²) in [5.41, 5.74) is 1.15. The number of hydrazone groups is 1. The molecule has 0 saturated heterocycles. The second-order valence-electron chi connectivity index (χ2n) is 4.37. The Kier molecular flexibility index (Phi) is 5.50. The zero-order chi connectivity index (χ0) is 16.3. The second kappa shape index (κ2) is 7.00. The first-order valence-electron chi connectivity index (χ1n) is 6.07. The number of hydrogen-bond donors (Lipinski definition) is 1. The highest BCUT2D eigenvalue weighted by atomic mass is 79.9. The van der Waals surface area contributed by atoms with Gasteiger partial charge < -0.3 is 0 Å². The first-order valence-corrected chi connectivity index (χ1v) is 9.10. The lowest BCUT2D eigenvalue weighted by atomic mass is 10.1. The van der Waals surface area contributed by atoms with Gasteiger partial charge in [-0.15, -0.1) is 0 Å². The Morgan fingerprint density at radius 3 is 2.32 bits per heavy atom. The molecular formula is C14H11BrCl2N2O2S. The maximum absolute atomic E-state index is 12.1. The number of sulfonamides is 1. The fraction of sp³-hybridized carbons (Fsp3) is 0.0714. The molecule has 0 aliphatic rings. The summed E-state index contributed by atoms with van der Waals surface area (Å²) in [5, 5.41) is 4.70. The molecule has 0 heterocycles. The molecule has 0 radical (unpaired) electrons. The molecule has 0 aliphatic heterocycles. The highest BCUT2D eigenvalue weighted by molar-refractivity contribution is 9.10. The van der Waals surface area contributed by atoms with Crippen LogP contribution in [-0.2, 0) is 10.0 Å². The van der Waals surface area contributed by atoms with Crippen molar-refractivity contribution in [2.24, 2.45) is 5.10 Å². The van der Waals surface area contributed by atoms with Crippen molar-refractivity contribution in [3.8, 4) is 0 Å². The highest BCUT2D eigenvalue weighted by Gasteiger charge is 2.13. The number of nitrogens with one attached hydrogen (secondary N) is 1. The van der Waals surface area contributed by atoms with Gasteiger partial charge in [-0.1, -0.05) is 45.2 Å². The Bertz CT molecular complexity index is 821. The van der Waals surface area contributed by atoms with Crippen LogP contribution in [0.25, 0.3) is 0 Å². The molecule has 2 aromatic rings. The van der Waals surface area contributed by atoms with Gasteiger partial charge in [0.05, 0.1) is 20.7 Å². The van der Waals surface area contributed by atoms with Gasteiger partial charge in [0, 0.05) is 4.47 Å². The molecule has 22 heavy (non-hydrogen) atoms. The lowest BCUT2D eigenvalue weighted by molar-refractivity contribution is 0.584. The van der Waals surface area contributed by atoms with Crippen LogP contribution in [0.5, 0.6) is 0 Å². The lowest BCUT2D eigenvalue weighted by Crippen LogP contribution is -2.19. The third kappa shape index (κ3) is 4.23. The van der Waals surface area contributed by atoms with Crippen LogP contribution in [-0.4, -0.2) is 14.1 Å². The van der Waals surface area contributed by atoms with Crippen molar-refractivity contribution in [3.05, 3.63) is 62.5 Å². The third-order valence-corrected chi connectivity index (χ3v) is 5.29. The van der Waals surface area contributed by atoms with Gasteiger partial charge >= 0.3 is 0 Å². The van der Waals surface area contributed by atoms with Crippen LogP contribution < -0.4 is 4.83 Å². The summed E-state index contributed by atoms with van der Waals surface area (Å²) in [5.74, 6) is 0. The Morgan fingerprint density at radius 1 is 1.09 bits per heavy atom. The molecule has 2 rings (SSSR count). The number of rotatable bonds is 4. The van der Waals surface area contributed by atoms with Gasteiger partial charge in [0.1, 0.15) is 0 Å². The van der Waals surface area contributed by atoms with Crippen LogP contribution in [0.4, 0.5) is 0 Å². The van der Waals surface area contributed by atoms with Crippen LogP contribution in [0.3, 0.4) is 0 Å². The van der Waals surface area contributed by atoms with Crippen molar-refractivity contribution in [2.75, 3.05) is 0 Å². The molecule has 0 spiro atoms. The van der Waals surface area contributed by atoms with Crippen molar-refractivity contribution in [3.63, 3.8) is 0 Å². The van der Waals surface area contributed by atoms with Crippen LogP contribution >= 0.6 is 39.1 Å². The molecule has 0 bridgehead atoms. The van der Waals surface area contributed by atoms with Crippen LogP contribution in [0, 0.1) is 0 Å². The average molecular weight is 422 g/mol. The summed E-state index contributed by atoms with van der Waals surface area (Å²) >= 11 is 15.0. The normalized spacial score (nSPS) is 12.3. The van der Waals surface area contributed by atoms with E-state index in [2.05, 4.69) is 25.9 Å². The van der Waals surface area contributed by atoms with Gasteiger partial charge in [-0.25, -0.2) is 0 Å². The van der Waals surface area contributed by atoms with Gasteiger partial charge in [-0.05, 0) is 48.9 Å². The summed E-state index contributed by atoms with van der Waals surface area (Å²) in [6, 6.07) is 11.2. The molecule has 2 aromatic carbocycles. The van der Waals surface area contributed by atoms with Crippen molar-refractivity contribution in [1.29, 1.82) is 0 Å². The van der Waals surface area contributed by atoms with Crippen molar-refractivity contribution in [2.45, 2.75) is 11.8 Å². The second-order valence-corrected chi connectivity index (χ2v) is 7.77. The minimum absolute atomic E-state index is 0.126. The molecule has 4 nitrogen and oxygen atoms in total. The quantitative estimate of drug-likeness (QED) is 0.585. The van der Waals surface area contributed by atoms with Gasteiger partial charge in [0.25, 0.3) is 10.0 Å². The Balaban J connectivity index is 2.22. The van der Waals surface area contributed by atoms with Gasteiger partial charge in [-0.3, -0.25) is 0 Å². The molecule has 116 valence electrons. The number of nitrogens with zero attached hydrogens (tertiary/aromatic N) is 1. The van der Waals surface area contributed by atoms with E-state index in [4.69, 9.17) is 23.2 Å². The maximum atomic E-state index is 12.1. The Morgan fingerprint density at radius 2 is 1.73 bits per heavy atom. The average Bonchev–Trinajstić information content (AvgIpc) is 2.48. The lowest BCUT2D eigenvalue weighted by Gasteiger charge is -2.06. The molecular weight excluding hydrogens is 411 g/mol. The minimum atomic E-state index is -3.72. The van der Waals surface area contributed by atoms with E-state index in [9.17, 15) is 8.42 Å². The van der Waals surface area contributed by atoms with Crippen molar-refractivity contribution < 1.29 is 8.42 Å². The van der Waals surface area contributed by atoms with Gasteiger partial charge in [0.2, 0.25) is 0 Å². The fourth-order valence-electron chi connectivity index (χ4n) is 1.58. The van der Waals surface area contributed by atoms with E-state index in [0.29, 0.717) is 21.3 Å². The monoisotopic (exact) mass is 420 g/mol. The largest absolute Gasteiger partial charge is 0.276 e. The standard InChI is InChI=1S/C14H11BrCl2N2O2S/c1-9(10-2-7-13(16)14(17)8-10)18-19-22(20,21)12-5-3-11(15)4-6-12/h2-8,19H,1H3/b18-9-. The predicted octanol–water partition coefficient (Wildman–Crippen LogP) is 4.46. The summed E-state index contributed by atoms with van der Waals surface area (Å²) in [7, 11) is -3.72. The van der Waals surface area contributed by atoms with E-state index >= 15 is 0 Å². The molecule has 0 aliphatic carbocycles. The van der Waals surface area contributed by atoms with Crippen LogP contribution in [0.15, 0.2) is 56.9 Å². The van der Waals surface area contributed by atoms with Crippen LogP contribution in [0.2, 0.25) is 10.0 Å². The minimum Gasteiger partial charge on any atom is -0.200 e. The molecule has 0 atom stereocenters. The Hall–Kier alpha value is -1.08. The highest BCUT2D eigenvalue weighted by Crippen LogP contribution is 2.23. The van der Waals surface area contributed by atoms with E-state index in [1.54, 1.807) is 37.3 Å². The Labute approximate surface area is 147 Å². The summed E-state index contributed by atoms with van der Waals surface area (Å²) in [6.45, 7) is 1.67. The summed E-state index contributed by atoms with van der Waals surface area (Å²) in [6.07, 6.45) is 0. The maximum Gasteiger partial charge on any atom is 0.276 e. The number of halogens is 3. The van der Waals surface area contributed by atoms with E-state index in [1.165, 1.54) is 12.1 Å². The van der Waals surface area contributed by atoms with Gasteiger partial charge in [-0.2, -0.15) is 18.4 Å². The molecule has 0 amide bonds. The zero-order valence-electron chi connectivity index (χ0n) is 11.3. The molecule has 0 saturated carbocycles. The third-order valence-electron chi connectivity index (χ3n) is 2.79. The van der Waals surface area contributed by atoms with E-state index in [-0.39, 0.29) is 4.90 Å². The smallest absolute Gasteiger partial charge is 0.200 e. The van der Waals surface area contributed by atoms with Crippen molar-refractivity contribution in [1.82, 2.24) is 4.83 Å². The first kappa shape index (κ1) is 17.3. The van der Waals surface area contributed by atoms with Gasteiger partial charge in [0.15, 0.2) is 0 Å². The molecule has 1 N–H and O–H groups in total. The van der Waals surface area contributed by atoms with E-state index in [1.807, 2.05) is 0 Å². The molecule has 0 fully saturated rings. The van der Waals surface area contributed by atoms with Crippen LogP contribution in [0.1, 0.15) is 12.5 Å². The predicted molar refractivity (Wildman–Crippen MR) is 93.1 cm³/mol. The van der Waals surface area contributed by atoms with E-state index < -0.39 is 10.0 Å². The first-order chi connectivity index (χ1) is 10.3. The molecule has 0 aromatic heterocycles. The fourth-order valence-corrected chi connectivity index (χ4v) is 3.00. The molecule has 0 unspecified atom stereocenters. The number of hydrogen-bond acceptors (Lipinski definition) is 3. The van der Waals surface area contributed by atoms with Crippen molar-refractivity contribution >= 4 is 54.9 Å². The van der Waals surface area contributed by atoms with E-state index in [0.717, 1.165) is 4.47 Å². The zero-order valence-corrected chi connectivity index (χ0v) is 15.3. The summed E-state index contributed by atoms with van der Waals surface area (Å²) < 4.78 is 25.0. The summed E-state index contributed by atoms with van der Waals surface area (Å²) in [4.78, 5) is 2.32. The topological polar surface area (TPSA) is 58.5 Å². The molecule has 8 heteroatoms. The SMILES string of the molecule is C/C(=N/NS(=O)(=O)c1ccc(Br)cc1)c1ccc(Cl)c(Cl)c1.